The SMILES string of the molecule is O=C(NCc1ccc(Cl)cc1)c1cn(-c2ccc(Cl)cc2)nn1. The highest BCUT2D eigenvalue weighted by Crippen LogP contribution is 2.13. The van der Waals surface area contributed by atoms with Crippen molar-refractivity contribution in [1.29, 1.82) is 0 Å². The van der Waals surface area contributed by atoms with Crippen molar-refractivity contribution in [2.45, 2.75) is 6.54 Å². The van der Waals surface area contributed by atoms with Crippen LogP contribution in [0.4, 0.5) is 0 Å². The summed E-state index contributed by atoms with van der Waals surface area (Å²) in [7, 11) is 0. The van der Waals surface area contributed by atoms with Crippen LogP contribution in [-0.4, -0.2) is 20.9 Å². The fourth-order valence-electron chi connectivity index (χ4n) is 1.96. The van der Waals surface area contributed by atoms with Gasteiger partial charge in [-0.25, -0.2) is 4.68 Å². The number of halogens is 2. The van der Waals surface area contributed by atoms with Crippen LogP contribution < -0.4 is 5.32 Å². The maximum absolute atomic E-state index is 12.1. The van der Waals surface area contributed by atoms with Crippen molar-refractivity contribution in [2.24, 2.45) is 0 Å². The van der Waals surface area contributed by atoms with Crippen molar-refractivity contribution in [3.63, 3.8) is 0 Å². The zero-order valence-corrected chi connectivity index (χ0v) is 13.4. The maximum atomic E-state index is 12.1. The molecule has 1 amide bonds. The van der Waals surface area contributed by atoms with Crippen molar-refractivity contribution in [2.75, 3.05) is 0 Å². The van der Waals surface area contributed by atoms with Gasteiger partial charge in [0.1, 0.15) is 0 Å². The Kier molecular flexibility index (Phi) is 4.60. The summed E-state index contributed by atoms with van der Waals surface area (Å²) in [5, 5.41) is 11.9. The second-order valence-electron chi connectivity index (χ2n) is 4.83. The van der Waals surface area contributed by atoms with Gasteiger partial charge in [0.25, 0.3) is 5.91 Å². The third-order valence-electron chi connectivity index (χ3n) is 3.18. The first-order chi connectivity index (χ1) is 11.1. The van der Waals surface area contributed by atoms with Gasteiger partial charge in [-0.1, -0.05) is 40.5 Å². The van der Waals surface area contributed by atoms with E-state index in [-0.39, 0.29) is 11.6 Å². The van der Waals surface area contributed by atoms with Crippen LogP contribution in [0.25, 0.3) is 5.69 Å². The molecule has 3 aromatic rings. The molecule has 7 heteroatoms. The Morgan fingerprint density at radius 2 is 1.61 bits per heavy atom. The molecule has 23 heavy (non-hydrogen) atoms. The maximum Gasteiger partial charge on any atom is 0.273 e. The minimum atomic E-state index is -0.292. The van der Waals surface area contributed by atoms with Crippen LogP contribution in [0.1, 0.15) is 16.1 Å². The average Bonchev–Trinajstić information content (AvgIpc) is 3.05. The lowest BCUT2D eigenvalue weighted by molar-refractivity contribution is 0.0946. The highest BCUT2D eigenvalue weighted by Gasteiger charge is 2.11. The van der Waals surface area contributed by atoms with Crippen LogP contribution in [0.15, 0.2) is 54.7 Å². The van der Waals surface area contributed by atoms with E-state index in [0.29, 0.717) is 16.6 Å². The quantitative estimate of drug-likeness (QED) is 0.786. The molecule has 0 aliphatic rings. The number of hydrogen-bond acceptors (Lipinski definition) is 3. The number of benzene rings is 2. The summed E-state index contributed by atoms with van der Waals surface area (Å²) in [4.78, 5) is 12.1. The smallest absolute Gasteiger partial charge is 0.273 e. The summed E-state index contributed by atoms with van der Waals surface area (Å²) in [5.74, 6) is -0.292. The first-order valence-electron chi connectivity index (χ1n) is 6.83. The molecule has 0 aliphatic heterocycles. The minimum absolute atomic E-state index is 0.244. The molecule has 0 aliphatic carbocycles. The van der Waals surface area contributed by atoms with E-state index in [9.17, 15) is 4.79 Å². The summed E-state index contributed by atoms with van der Waals surface area (Å²) in [6.45, 7) is 0.393. The molecule has 3 rings (SSSR count). The second kappa shape index (κ2) is 6.81. The van der Waals surface area contributed by atoms with E-state index in [0.717, 1.165) is 11.3 Å². The van der Waals surface area contributed by atoms with E-state index in [1.54, 1.807) is 42.6 Å². The van der Waals surface area contributed by atoms with Gasteiger partial charge in [-0.05, 0) is 42.0 Å². The van der Waals surface area contributed by atoms with Gasteiger partial charge in [0.05, 0.1) is 11.9 Å². The molecule has 0 fully saturated rings. The normalized spacial score (nSPS) is 10.5. The molecule has 0 atom stereocenters. The van der Waals surface area contributed by atoms with Crippen molar-refractivity contribution >= 4 is 29.1 Å². The molecular formula is C16H12Cl2N4O. The molecule has 5 nitrogen and oxygen atoms in total. The largest absolute Gasteiger partial charge is 0.347 e. The third-order valence-corrected chi connectivity index (χ3v) is 3.69. The number of hydrogen-bond donors (Lipinski definition) is 1. The predicted octanol–water partition coefficient (Wildman–Crippen LogP) is 3.50. The molecule has 2 aromatic carbocycles. The lowest BCUT2D eigenvalue weighted by atomic mass is 10.2. The Bertz CT molecular complexity index is 813. The minimum Gasteiger partial charge on any atom is -0.347 e. The van der Waals surface area contributed by atoms with Gasteiger partial charge in [0.2, 0.25) is 0 Å². The van der Waals surface area contributed by atoms with E-state index >= 15 is 0 Å². The lowest BCUT2D eigenvalue weighted by Crippen LogP contribution is -2.23. The van der Waals surface area contributed by atoms with Crippen LogP contribution in [0.2, 0.25) is 10.0 Å². The van der Waals surface area contributed by atoms with E-state index in [1.165, 1.54) is 4.68 Å². The van der Waals surface area contributed by atoms with Crippen LogP contribution in [0.3, 0.4) is 0 Å². The molecule has 0 spiro atoms. The van der Waals surface area contributed by atoms with Gasteiger partial charge in [-0.2, -0.15) is 0 Å². The molecule has 116 valence electrons. The molecule has 0 radical (unpaired) electrons. The Morgan fingerprint density at radius 1 is 1.00 bits per heavy atom. The molecule has 0 unspecified atom stereocenters. The van der Waals surface area contributed by atoms with Gasteiger partial charge >= 0.3 is 0 Å². The van der Waals surface area contributed by atoms with Crippen molar-refractivity contribution in [3.8, 4) is 5.69 Å². The molecule has 0 saturated carbocycles. The summed E-state index contributed by atoms with van der Waals surface area (Å²) < 4.78 is 1.52. The fraction of sp³-hybridized carbons (Fsp3) is 0.0625. The number of rotatable bonds is 4. The summed E-state index contributed by atoms with van der Waals surface area (Å²) in [5.41, 5.74) is 1.97. The van der Waals surface area contributed by atoms with Gasteiger partial charge in [0, 0.05) is 16.6 Å². The lowest BCUT2D eigenvalue weighted by Gasteiger charge is -2.03. The molecule has 1 N–H and O–H groups in total. The Balaban J connectivity index is 1.66. The number of nitrogens with zero attached hydrogens (tertiary/aromatic N) is 3. The second-order valence-corrected chi connectivity index (χ2v) is 5.71. The Labute approximate surface area is 142 Å². The molecule has 0 bridgehead atoms. The zero-order chi connectivity index (χ0) is 16.2. The zero-order valence-electron chi connectivity index (χ0n) is 11.9. The molecule has 1 aromatic heterocycles. The monoisotopic (exact) mass is 346 g/mol. The summed E-state index contributed by atoms with van der Waals surface area (Å²) in [6.07, 6.45) is 1.57. The van der Waals surface area contributed by atoms with Gasteiger partial charge in [0.15, 0.2) is 5.69 Å². The van der Waals surface area contributed by atoms with E-state index in [4.69, 9.17) is 23.2 Å². The number of nitrogens with one attached hydrogen (secondary N) is 1. The first-order valence-corrected chi connectivity index (χ1v) is 7.58. The van der Waals surface area contributed by atoms with Crippen LogP contribution in [0.5, 0.6) is 0 Å². The molecule has 0 saturated heterocycles. The van der Waals surface area contributed by atoms with Gasteiger partial charge in [-0.3, -0.25) is 4.79 Å². The van der Waals surface area contributed by atoms with Gasteiger partial charge < -0.3 is 5.32 Å². The number of aromatic nitrogens is 3. The summed E-state index contributed by atoms with van der Waals surface area (Å²) in [6, 6.07) is 14.4. The highest BCUT2D eigenvalue weighted by molar-refractivity contribution is 6.30. The van der Waals surface area contributed by atoms with E-state index in [2.05, 4.69) is 15.6 Å². The first kappa shape index (κ1) is 15.5. The van der Waals surface area contributed by atoms with E-state index < -0.39 is 0 Å². The van der Waals surface area contributed by atoms with Crippen molar-refractivity contribution in [3.05, 3.63) is 76.0 Å². The standard InChI is InChI=1S/C16H12Cl2N4O/c17-12-3-1-11(2-4-12)9-19-16(23)15-10-22(21-20-15)14-7-5-13(18)6-8-14/h1-8,10H,9H2,(H,19,23). The van der Waals surface area contributed by atoms with Crippen LogP contribution in [-0.2, 0) is 6.54 Å². The van der Waals surface area contributed by atoms with Crippen molar-refractivity contribution < 1.29 is 4.79 Å². The molecule has 1 heterocycles. The summed E-state index contributed by atoms with van der Waals surface area (Å²) >= 11 is 11.7. The highest BCUT2D eigenvalue weighted by atomic mass is 35.5. The molecular weight excluding hydrogens is 335 g/mol. The average molecular weight is 347 g/mol. The third kappa shape index (κ3) is 3.88. The predicted molar refractivity (Wildman–Crippen MR) is 89.0 cm³/mol. The van der Waals surface area contributed by atoms with Gasteiger partial charge in [-0.15, -0.1) is 5.10 Å². The number of amides is 1. The number of carbonyl (C=O) groups excluding carboxylic acids is 1. The topological polar surface area (TPSA) is 59.8 Å². The van der Waals surface area contributed by atoms with Crippen molar-refractivity contribution in [1.82, 2.24) is 20.3 Å². The fourth-order valence-corrected chi connectivity index (χ4v) is 2.22. The van der Waals surface area contributed by atoms with Crippen LogP contribution in [0, 0.1) is 0 Å². The number of carbonyl (C=O) groups is 1. The Hall–Kier alpha value is -2.37. The Morgan fingerprint density at radius 3 is 2.26 bits per heavy atom. The van der Waals surface area contributed by atoms with Crippen LogP contribution >= 0.6 is 23.2 Å². The van der Waals surface area contributed by atoms with E-state index in [1.807, 2.05) is 12.1 Å².